The van der Waals surface area contributed by atoms with Crippen LogP contribution in [-0.4, -0.2) is 9.55 Å². The zero-order valence-electron chi connectivity index (χ0n) is 10.6. The summed E-state index contributed by atoms with van der Waals surface area (Å²) in [5.74, 6) is 0.186. The number of nitrogens with zero attached hydrogens (tertiary/aromatic N) is 1. The van der Waals surface area contributed by atoms with Gasteiger partial charge in [-0.15, -0.1) is 0 Å². The Hall–Kier alpha value is -2.02. The molecule has 0 fully saturated rings. The van der Waals surface area contributed by atoms with Gasteiger partial charge in [-0.25, -0.2) is 4.79 Å². The fraction of sp³-hybridized carbons (Fsp3) is 0.333. The van der Waals surface area contributed by atoms with Crippen LogP contribution < -0.4 is 22.3 Å². The summed E-state index contributed by atoms with van der Waals surface area (Å²) in [5, 5.41) is 6.93. The molecule has 2 aromatic rings. The number of nitrogens with two attached hydrogens (primary N) is 1. The number of rotatable bonds is 5. The third-order valence-corrected chi connectivity index (χ3v) is 3.47. The lowest BCUT2D eigenvalue weighted by Gasteiger charge is -2.12. The number of H-pyrrole nitrogens is 1. The molecule has 0 atom stereocenters. The van der Waals surface area contributed by atoms with Gasteiger partial charge in [-0.05, 0) is 28.8 Å². The van der Waals surface area contributed by atoms with Crippen molar-refractivity contribution in [3.05, 3.63) is 43.2 Å². The van der Waals surface area contributed by atoms with Gasteiger partial charge in [-0.3, -0.25) is 14.3 Å². The van der Waals surface area contributed by atoms with Crippen molar-refractivity contribution in [3.8, 4) is 0 Å². The summed E-state index contributed by atoms with van der Waals surface area (Å²) >= 11 is 1.58. The van der Waals surface area contributed by atoms with E-state index in [1.807, 2.05) is 23.8 Å². The maximum Gasteiger partial charge on any atom is 0.330 e. The molecule has 102 valence electrons. The molecule has 4 N–H and O–H groups in total. The van der Waals surface area contributed by atoms with Crippen LogP contribution in [0.4, 0.5) is 11.5 Å². The summed E-state index contributed by atoms with van der Waals surface area (Å²) in [6.45, 7) is 2.92. The third kappa shape index (κ3) is 2.87. The topological polar surface area (TPSA) is 92.9 Å². The van der Waals surface area contributed by atoms with Crippen molar-refractivity contribution in [2.45, 2.75) is 26.4 Å². The van der Waals surface area contributed by atoms with E-state index in [0.29, 0.717) is 13.1 Å². The minimum absolute atomic E-state index is 0.186. The average molecular weight is 280 g/mol. The molecule has 0 amide bonds. The monoisotopic (exact) mass is 280 g/mol. The average Bonchev–Trinajstić information content (AvgIpc) is 2.87. The Morgan fingerprint density at radius 3 is 2.89 bits per heavy atom. The first-order valence-electron chi connectivity index (χ1n) is 6.01. The maximum absolute atomic E-state index is 11.8. The highest BCUT2D eigenvalue weighted by Gasteiger charge is 2.11. The van der Waals surface area contributed by atoms with Gasteiger partial charge in [0.1, 0.15) is 11.5 Å². The number of hydrogen-bond donors (Lipinski definition) is 3. The van der Waals surface area contributed by atoms with Crippen LogP contribution in [-0.2, 0) is 13.1 Å². The highest BCUT2D eigenvalue weighted by Crippen LogP contribution is 2.13. The second kappa shape index (κ2) is 5.75. The van der Waals surface area contributed by atoms with Gasteiger partial charge < -0.3 is 11.1 Å². The van der Waals surface area contributed by atoms with Gasteiger partial charge in [0.05, 0.1) is 0 Å². The number of anilines is 2. The first kappa shape index (κ1) is 13.4. The fourth-order valence-electron chi connectivity index (χ4n) is 1.79. The van der Waals surface area contributed by atoms with E-state index >= 15 is 0 Å². The largest absolute Gasteiger partial charge is 0.383 e. The van der Waals surface area contributed by atoms with E-state index in [1.54, 1.807) is 11.3 Å². The molecule has 2 aromatic heterocycles. The molecular weight excluding hydrogens is 264 g/mol. The minimum atomic E-state index is -0.481. The molecule has 6 nitrogen and oxygen atoms in total. The zero-order valence-corrected chi connectivity index (χ0v) is 11.4. The van der Waals surface area contributed by atoms with Crippen molar-refractivity contribution in [2.24, 2.45) is 0 Å². The summed E-state index contributed by atoms with van der Waals surface area (Å²) in [6, 6.07) is 1.96. The van der Waals surface area contributed by atoms with E-state index in [1.165, 1.54) is 4.57 Å². The van der Waals surface area contributed by atoms with E-state index in [0.717, 1.165) is 12.0 Å². The van der Waals surface area contributed by atoms with Gasteiger partial charge in [0, 0.05) is 13.1 Å². The molecule has 0 aliphatic rings. The van der Waals surface area contributed by atoms with Crippen molar-refractivity contribution < 1.29 is 0 Å². The van der Waals surface area contributed by atoms with Crippen molar-refractivity contribution in [1.82, 2.24) is 9.55 Å². The van der Waals surface area contributed by atoms with Gasteiger partial charge >= 0.3 is 5.69 Å². The molecular formula is C12H16N4O2S. The van der Waals surface area contributed by atoms with Crippen LogP contribution in [0.3, 0.4) is 0 Å². The molecule has 0 aliphatic heterocycles. The summed E-state index contributed by atoms with van der Waals surface area (Å²) < 4.78 is 1.37. The van der Waals surface area contributed by atoms with Crippen LogP contribution in [0.1, 0.15) is 18.9 Å². The SMILES string of the molecule is CCCn1c(N)c(NCc2ccsc2)c(=O)[nH]c1=O. The maximum atomic E-state index is 11.8. The Bertz CT molecular complexity index is 657. The molecule has 0 saturated heterocycles. The van der Waals surface area contributed by atoms with Gasteiger partial charge in [-0.1, -0.05) is 6.92 Å². The first-order chi connectivity index (χ1) is 9.13. The third-order valence-electron chi connectivity index (χ3n) is 2.74. The predicted octanol–water partition coefficient (Wildman–Crippen LogP) is 1.20. The molecule has 7 heteroatoms. The number of aromatic amines is 1. The van der Waals surface area contributed by atoms with Gasteiger partial charge in [0.25, 0.3) is 5.56 Å². The molecule has 0 unspecified atom stereocenters. The quantitative estimate of drug-likeness (QED) is 0.767. The van der Waals surface area contributed by atoms with Crippen LogP contribution >= 0.6 is 11.3 Å². The van der Waals surface area contributed by atoms with Gasteiger partial charge in [0.15, 0.2) is 0 Å². The van der Waals surface area contributed by atoms with Crippen LogP contribution in [0.15, 0.2) is 26.4 Å². The zero-order chi connectivity index (χ0) is 13.8. The number of aromatic nitrogens is 2. The number of thiophene rings is 1. The van der Waals surface area contributed by atoms with E-state index in [2.05, 4.69) is 10.3 Å². The summed E-state index contributed by atoms with van der Waals surface area (Å²) in [4.78, 5) is 25.7. The molecule has 0 aliphatic carbocycles. The molecule has 0 radical (unpaired) electrons. The molecule has 0 aromatic carbocycles. The Morgan fingerprint density at radius 1 is 1.47 bits per heavy atom. The second-order valence-corrected chi connectivity index (χ2v) is 4.94. The van der Waals surface area contributed by atoms with E-state index in [9.17, 15) is 9.59 Å². The van der Waals surface area contributed by atoms with Gasteiger partial charge in [0.2, 0.25) is 0 Å². The molecule has 0 bridgehead atoms. The van der Waals surface area contributed by atoms with Crippen molar-refractivity contribution in [3.63, 3.8) is 0 Å². The lowest BCUT2D eigenvalue weighted by atomic mass is 10.3. The molecule has 2 heterocycles. The Labute approximate surface area is 113 Å². The van der Waals surface area contributed by atoms with Crippen molar-refractivity contribution in [1.29, 1.82) is 0 Å². The summed E-state index contributed by atoms with van der Waals surface area (Å²) in [6.07, 6.45) is 0.764. The normalized spacial score (nSPS) is 10.6. The van der Waals surface area contributed by atoms with Crippen molar-refractivity contribution in [2.75, 3.05) is 11.1 Å². The standard InChI is InChI=1S/C12H16N4O2S/c1-2-4-16-10(13)9(11(17)15-12(16)18)14-6-8-3-5-19-7-8/h3,5,7,14H,2,4,6,13H2,1H3,(H,15,17,18). The molecule has 0 spiro atoms. The second-order valence-electron chi connectivity index (χ2n) is 4.16. The van der Waals surface area contributed by atoms with Crippen LogP contribution in [0.25, 0.3) is 0 Å². The van der Waals surface area contributed by atoms with Crippen LogP contribution in [0, 0.1) is 0 Å². The molecule has 19 heavy (non-hydrogen) atoms. The van der Waals surface area contributed by atoms with E-state index < -0.39 is 11.2 Å². The first-order valence-corrected chi connectivity index (χ1v) is 6.95. The summed E-state index contributed by atoms with van der Waals surface area (Å²) in [7, 11) is 0. The number of hydrogen-bond acceptors (Lipinski definition) is 5. The highest BCUT2D eigenvalue weighted by atomic mass is 32.1. The van der Waals surface area contributed by atoms with Crippen molar-refractivity contribution >= 4 is 22.8 Å². The predicted molar refractivity (Wildman–Crippen MR) is 77.7 cm³/mol. The van der Waals surface area contributed by atoms with E-state index in [4.69, 9.17) is 5.73 Å². The lowest BCUT2D eigenvalue weighted by molar-refractivity contribution is 0.642. The Balaban J connectivity index is 2.31. The molecule has 0 saturated carbocycles. The highest BCUT2D eigenvalue weighted by molar-refractivity contribution is 7.07. The Morgan fingerprint density at radius 2 is 2.26 bits per heavy atom. The van der Waals surface area contributed by atoms with Crippen LogP contribution in [0.2, 0.25) is 0 Å². The number of nitrogens with one attached hydrogen (secondary N) is 2. The lowest BCUT2D eigenvalue weighted by Crippen LogP contribution is -2.34. The smallest absolute Gasteiger partial charge is 0.330 e. The molecule has 2 rings (SSSR count). The van der Waals surface area contributed by atoms with E-state index in [-0.39, 0.29) is 11.5 Å². The number of nitrogen functional groups attached to an aromatic ring is 1. The van der Waals surface area contributed by atoms with Gasteiger partial charge in [-0.2, -0.15) is 11.3 Å². The Kier molecular flexibility index (Phi) is 4.06. The minimum Gasteiger partial charge on any atom is -0.383 e. The van der Waals surface area contributed by atoms with Crippen LogP contribution in [0.5, 0.6) is 0 Å². The summed E-state index contributed by atoms with van der Waals surface area (Å²) in [5.41, 5.74) is 6.26. The fourth-order valence-corrected chi connectivity index (χ4v) is 2.46.